The predicted molar refractivity (Wildman–Crippen MR) is 69.7 cm³/mol. The number of rotatable bonds is 4. The highest BCUT2D eigenvalue weighted by molar-refractivity contribution is 5.57. The van der Waals surface area contributed by atoms with Crippen molar-refractivity contribution in [3.63, 3.8) is 0 Å². The Labute approximate surface area is 117 Å². The summed E-state index contributed by atoms with van der Waals surface area (Å²) in [6, 6.07) is 7.90. The predicted octanol–water partition coefficient (Wildman–Crippen LogP) is 3.62. The van der Waals surface area contributed by atoms with Crippen LogP contribution in [0.4, 0.5) is 24.7 Å². The van der Waals surface area contributed by atoms with Gasteiger partial charge in [-0.2, -0.15) is 13.2 Å². The lowest BCUT2D eigenvalue weighted by Crippen LogP contribution is -2.12. The second-order valence-electron chi connectivity index (χ2n) is 4.14. The summed E-state index contributed by atoms with van der Waals surface area (Å²) >= 11 is 0. The van der Waals surface area contributed by atoms with E-state index in [1.807, 2.05) is 0 Å². The first kappa shape index (κ1) is 14.8. The number of hydrogen-bond acceptors (Lipinski definition) is 4. The van der Waals surface area contributed by atoms with E-state index in [0.717, 1.165) is 6.07 Å². The van der Waals surface area contributed by atoms with Crippen LogP contribution in [-0.4, -0.2) is 9.91 Å². The molecule has 1 N–H and O–H groups in total. The zero-order valence-corrected chi connectivity index (χ0v) is 10.6. The molecule has 8 heteroatoms. The number of nitro groups is 1. The Morgan fingerprint density at radius 2 is 1.90 bits per heavy atom. The maximum Gasteiger partial charge on any atom is 0.416 e. The smallest absolute Gasteiger partial charge is 0.374 e. The van der Waals surface area contributed by atoms with Crippen LogP contribution in [0, 0.1) is 10.1 Å². The molecule has 0 aliphatic carbocycles. The minimum atomic E-state index is -4.47. The van der Waals surface area contributed by atoms with Crippen LogP contribution < -0.4 is 5.32 Å². The molecule has 0 bridgehead atoms. The topological polar surface area (TPSA) is 68.1 Å². The van der Waals surface area contributed by atoms with E-state index in [1.54, 1.807) is 0 Å². The number of nitrogens with zero attached hydrogens (tertiary/aromatic N) is 2. The third-order valence-corrected chi connectivity index (χ3v) is 2.75. The third-order valence-electron chi connectivity index (χ3n) is 2.75. The molecule has 0 fully saturated rings. The summed E-state index contributed by atoms with van der Waals surface area (Å²) in [5, 5.41) is 13.4. The van der Waals surface area contributed by atoms with Crippen molar-refractivity contribution in [2.24, 2.45) is 0 Å². The molecule has 0 unspecified atom stereocenters. The molecule has 0 aliphatic rings. The standard InChI is InChI=1S/C13H10F3N3O2/c14-13(15,16)10-5-2-1-4-9(10)8-18-11-6-3-7-17-12(11)19(20)21/h1-7,18H,8H2. The number of anilines is 1. The van der Waals surface area contributed by atoms with Crippen molar-refractivity contribution in [3.8, 4) is 0 Å². The lowest BCUT2D eigenvalue weighted by Gasteiger charge is -2.13. The molecule has 0 aliphatic heterocycles. The first-order valence-electron chi connectivity index (χ1n) is 5.88. The third kappa shape index (κ3) is 3.47. The normalized spacial score (nSPS) is 11.2. The molecule has 0 amide bonds. The highest BCUT2D eigenvalue weighted by Crippen LogP contribution is 2.32. The summed E-state index contributed by atoms with van der Waals surface area (Å²) in [5.41, 5.74) is -0.702. The fourth-order valence-electron chi connectivity index (χ4n) is 1.82. The van der Waals surface area contributed by atoms with Gasteiger partial charge in [0, 0.05) is 6.54 Å². The molecule has 2 rings (SSSR count). The number of aromatic nitrogens is 1. The molecule has 0 spiro atoms. The van der Waals surface area contributed by atoms with Gasteiger partial charge in [-0.25, -0.2) is 0 Å². The molecule has 0 saturated carbocycles. The molecule has 1 aromatic carbocycles. The van der Waals surface area contributed by atoms with Gasteiger partial charge in [-0.1, -0.05) is 18.2 Å². The van der Waals surface area contributed by atoms with Crippen LogP contribution in [0.15, 0.2) is 42.6 Å². The van der Waals surface area contributed by atoms with Crippen LogP contribution in [-0.2, 0) is 12.7 Å². The van der Waals surface area contributed by atoms with Gasteiger partial charge in [-0.15, -0.1) is 0 Å². The average molecular weight is 297 g/mol. The molecular weight excluding hydrogens is 287 g/mol. The number of nitrogens with one attached hydrogen (secondary N) is 1. The maximum atomic E-state index is 12.8. The second kappa shape index (κ2) is 5.78. The van der Waals surface area contributed by atoms with Crippen molar-refractivity contribution in [1.29, 1.82) is 0 Å². The van der Waals surface area contributed by atoms with Gasteiger partial charge in [-0.3, -0.25) is 0 Å². The summed E-state index contributed by atoms with van der Waals surface area (Å²) in [6.45, 7) is -0.192. The molecule has 1 heterocycles. The molecule has 21 heavy (non-hydrogen) atoms. The summed E-state index contributed by atoms with van der Waals surface area (Å²) in [4.78, 5) is 13.7. The maximum absolute atomic E-state index is 12.8. The van der Waals surface area contributed by atoms with E-state index in [0.29, 0.717) is 0 Å². The lowest BCUT2D eigenvalue weighted by atomic mass is 10.1. The molecular formula is C13H10F3N3O2. The average Bonchev–Trinajstić information content (AvgIpc) is 2.44. The Bertz CT molecular complexity index is 659. The highest BCUT2D eigenvalue weighted by atomic mass is 19.4. The summed E-state index contributed by atoms with van der Waals surface area (Å²) in [6.07, 6.45) is -3.23. The van der Waals surface area contributed by atoms with E-state index in [1.165, 1.54) is 36.5 Å². The van der Waals surface area contributed by atoms with E-state index in [4.69, 9.17) is 0 Å². The molecule has 0 saturated heterocycles. The van der Waals surface area contributed by atoms with Crippen LogP contribution in [0.25, 0.3) is 0 Å². The van der Waals surface area contributed by atoms with Crippen molar-refractivity contribution in [2.75, 3.05) is 5.32 Å². The Hall–Kier alpha value is -2.64. The van der Waals surface area contributed by atoms with E-state index >= 15 is 0 Å². The van der Waals surface area contributed by atoms with E-state index < -0.39 is 22.5 Å². The lowest BCUT2D eigenvalue weighted by molar-refractivity contribution is -0.388. The molecule has 1 aromatic heterocycles. The van der Waals surface area contributed by atoms with Gasteiger partial charge < -0.3 is 15.4 Å². The zero-order valence-electron chi connectivity index (χ0n) is 10.6. The van der Waals surface area contributed by atoms with Gasteiger partial charge in [0.15, 0.2) is 0 Å². The van der Waals surface area contributed by atoms with Gasteiger partial charge >= 0.3 is 12.0 Å². The first-order chi connectivity index (χ1) is 9.89. The van der Waals surface area contributed by atoms with Crippen LogP contribution in [0.5, 0.6) is 0 Å². The SMILES string of the molecule is O=[N+]([O-])c1ncccc1NCc1ccccc1C(F)(F)F. The number of halogens is 3. The van der Waals surface area contributed by atoms with Crippen LogP contribution >= 0.6 is 0 Å². The van der Waals surface area contributed by atoms with Crippen LogP contribution in [0.3, 0.4) is 0 Å². The minimum absolute atomic E-state index is 0.00292. The van der Waals surface area contributed by atoms with Crippen molar-refractivity contribution < 1.29 is 18.1 Å². The Kier molecular flexibility index (Phi) is 4.06. The number of pyridine rings is 1. The second-order valence-corrected chi connectivity index (χ2v) is 4.14. The Morgan fingerprint density at radius 3 is 2.57 bits per heavy atom. The zero-order chi connectivity index (χ0) is 15.5. The van der Waals surface area contributed by atoms with Crippen molar-refractivity contribution in [3.05, 3.63) is 63.8 Å². The summed E-state index contributed by atoms with van der Waals surface area (Å²) in [5.74, 6) is -0.429. The Balaban J connectivity index is 2.24. The largest absolute Gasteiger partial charge is 0.416 e. The van der Waals surface area contributed by atoms with E-state index in [9.17, 15) is 23.3 Å². The monoisotopic (exact) mass is 297 g/mol. The van der Waals surface area contributed by atoms with Gasteiger partial charge in [0.2, 0.25) is 0 Å². The number of alkyl halides is 3. The molecule has 0 atom stereocenters. The van der Waals surface area contributed by atoms with Crippen molar-refractivity contribution in [1.82, 2.24) is 4.98 Å². The quantitative estimate of drug-likeness (QED) is 0.691. The fourth-order valence-corrected chi connectivity index (χ4v) is 1.82. The van der Waals surface area contributed by atoms with Gasteiger partial charge in [-0.05, 0) is 33.7 Å². The van der Waals surface area contributed by atoms with Crippen LogP contribution in [0.1, 0.15) is 11.1 Å². The fraction of sp³-hybridized carbons (Fsp3) is 0.154. The molecule has 2 aromatic rings. The van der Waals surface area contributed by atoms with Crippen molar-refractivity contribution in [2.45, 2.75) is 12.7 Å². The van der Waals surface area contributed by atoms with E-state index in [2.05, 4.69) is 10.3 Å². The van der Waals surface area contributed by atoms with E-state index in [-0.39, 0.29) is 17.8 Å². The molecule has 110 valence electrons. The van der Waals surface area contributed by atoms with Gasteiger partial charge in [0.05, 0.1) is 5.56 Å². The van der Waals surface area contributed by atoms with Gasteiger partial charge in [0.1, 0.15) is 11.9 Å². The van der Waals surface area contributed by atoms with Crippen molar-refractivity contribution >= 4 is 11.5 Å². The number of benzene rings is 1. The van der Waals surface area contributed by atoms with Gasteiger partial charge in [0.25, 0.3) is 0 Å². The molecule has 5 nitrogen and oxygen atoms in total. The summed E-state index contributed by atoms with van der Waals surface area (Å²) < 4.78 is 38.5. The first-order valence-corrected chi connectivity index (χ1v) is 5.88. The highest BCUT2D eigenvalue weighted by Gasteiger charge is 2.32. The molecule has 0 radical (unpaired) electrons. The Morgan fingerprint density at radius 1 is 1.19 bits per heavy atom. The summed E-state index contributed by atoms with van der Waals surface area (Å²) in [7, 11) is 0. The number of hydrogen-bond donors (Lipinski definition) is 1. The minimum Gasteiger partial charge on any atom is -0.374 e. The van der Waals surface area contributed by atoms with Crippen LogP contribution in [0.2, 0.25) is 0 Å².